The van der Waals surface area contributed by atoms with Crippen LogP contribution in [-0.2, 0) is 0 Å². The van der Waals surface area contributed by atoms with Crippen LogP contribution in [-0.4, -0.2) is 7.05 Å². The van der Waals surface area contributed by atoms with E-state index in [9.17, 15) is 0 Å². The maximum absolute atomic E-state index is 3.93. The molecule has 0 fully saturated rings. The molecule has 2 heteroatoms. The molecule has 0 radical (unpaired) electrons. The predicted molar refractivity (Wildman–Crippen MR) is 220 cm³/mol. The third-order valence-electron chi connectivity index (χ3n) is 9.11. The number of rotatable bonds is 11. The zero-order valence-corrected chi connectivity index (χ0v) is 29.4. The van der Waals surface area contributed by atoms with E-state index in [0.29, 0.717) is 0 Å². The van der Waals surface area contributed by atoms with Crippen molar-refractivity contribution >= 4 is 38.6 Å². The summed E-state index contributed by atoms with van der Waals surface area (Å²) in [7, 11) is 2.14. The summed E-state index contributed by atoms with van der Waals surface area (Å²) in [5.41, 5.74) is 10.4. The van der Waals surface area contributed by atoms with Crippen molar-refractivity contribution in [2.75, 3.05) is 16.8 Å². The molecule has 0 aromatic heterocycles. The molecule has 0 amide bonds. The Labute approximate surface area is 297 Å². The van der Waals surface area contributed by atoms with Gasteiger partial charge < -0.3 is 9.80 Å². The Hall–Kier alpha value is -6.12. The minimum Gasteiger partial charge on any atom is -0.348 e. The number of hydrogen-bond donors (Lipinski definition) is 0. The minimum absolute atomic E-state index is 1.07. The lowest BCUT2D eigenvalue weighted by atomic mass is 9.85. The lowest BCUT2D eigenvalue weighted by Crippen LogP contribution is -2.15. The fourth-order valence-electron chi connectivity index (χ4n) is 6.56. The summed E-state index contributed by atoms with van der Waals surface area (Å²) in [6.07, 6.45) is 18.5. The first-order valence-corrected chi connectivity index (χ1v) is 17.2. The molecule has 6 aromatic rings. The topological polar surface area (TPSA) is 6.48 Å². The first kappa shape index (κ1) is 33.8. The van der Waals surface area contributed by atoms with Gasteiger partial charge in [-0.3, -0.25) is 0 Å². The summed E-state index contributed by atoms with van der Waals surface area (Å²) < 4.78 is 0. The number of fused-ring (bicyclic) bond motifs is 2. The summed E-state index contributed by atoms with van der Waals surface area (Å²) in [6, 6.07) is 46.0. The van der Waals surface area contributed by atoms with Crippen molar-refractivity contribution in [3.8, 4) is 22.3 Å². The highest BCUT2D eigenvalue weighted by molar-refractivity contribution is 6.22. The van der Waals surface area contributed by atoms with Gasteiger partial charge in [0, 0.05) is 35.5 Å². The SMILES string of the molecule is C=C/C=C\C(=C/C)N(c1ccccc1)c1ccc2c(-c3ccccc3)c3cc(N(C)/C(C)=C/C=C\C=C/C)ccc3c(-c3ccccc3)c2c1. The number of hydrogen-bond acceptors (Lipinski definition) is 2. The van der Waals surface area contributed by atoms with E-state index in [1.54, 1.807) is 0 Å². The Kier molecular flexibility index (Phi) is 10.7. The van der Waals surface area contributed by atoms with Crippen LogP contribution in [0.2, 0.25) is 0 Å². The van der Waals surface area contributed by atoms with Crippen LogP contribution < -0.4 is 9.80 Å². The van der Waals surface area contributed by atoms with Crippen LogP contribution in [0.4, 0.5) is 17.1 Å². The molecule has 50 heavy (non-hydrogen) atoms. The predicted octanol–water partition coefficient (Wildman–Crippen LogP) is 13.6. The summed E-state index contributed by atoms with van der Waals surface area (Å²) in [5.74, 6) is 0. The molecule has 6 rings (SSSR count). The molecule has 0 atom stereocenters. The van der Waals surface area contributed by atoms with Crippen molar-refractivity contribution in [2.24, 2.45) is 0 Å². The van der Waals surface area contributed by atoms with Gasteiger partial charge in [-0.05, 0) is 113 Å². The smallest absolute Gasteiger partial charge is 0.0468 e. The van der Waals surface area contributed by atoms with Crippen LogP contribution >= 0.6 is 0 Å². The highest BCUT2D eigenvalue weighted by atomic mass is 15.1. The third-order valence-corrected chi connectivity index (χ3v) is 9.11. The molecule has 0 saturated carbocycles. The summed E-state index contributed by atoms with van der Waals surface area (Å²) in [4.78, 5) is 4.58. The fourth-order valence-corrected chi connectivity index (χ4v) is 6.56. The maximum Gasteiger partial charge on any atom is 0.0468 e. The van der Waals surface area contributed by atoms with E-state index in [0.717, 1.165) is 28.5 Å². The van der Waals surface area contributed by atoms with Crippen molar-refractivity contribution in [1.29, 1.82) is 0 Å². The van der Waals surface area contributed by atoms with Gasteiger partial charge in [-0.25, -0.2) is 0 Å². The largest absolute Gasteiger partial charge is 0.348 e. The van der Waals surface area contributed by atoms with Crippen molar-refractivity contribution in [1.82, 2.24) is 0 Å². The average molecular weight is 649 g/mol. The van der Waals surface area contributed by atoms with E-state index >= 15 is 0 Å². The van der Waals surface area contributed by atoms with Crippen molar-refractivity contribution in [2.45, 2.75) is 20.8 Å². The number of anilines is 3. The molecular formula is C48H44N2. The average Bonchev–Trinajstić information content (AvgIpc) is 3.17. The summed E-state index contributed by atoms with van der Waals surface area (Å²) >= 11 is 0. The zero-order valence-electron chi connectivity index (χ0n) is 29.4. The molecule has 246 valence electrons. The molecule has 0 N–H and O–H groups in total. The second-order valence-electron chi connectivity index (χ2n) is 12.2. The number of nitrogens with zero attached hydrogens (tertiary/aromatic N) is 2. The van der Waals surface area contributed by atoms with Gasteiger partial charge in [0.25, 0.3) is 0 Å². The van der Waals surface area contributed by atoms with Gasteiger partial charge in [-0.15, -0.1) is 0 Å². The molecular weight excluding hydrogens is 605 g/mol. The lowest BCUT2D eigenvalue weighted by molar-refractivity contribution is 1.09. The van der Waals surface area contributed by atoms with Crippen LogP contribution in [0.3, 0.4) is 0 Å². The minimum atomic E-state index is 1.07. The van der Waals surface area contributed by atoms with Crippen LogP contribution in [0.25, 0.3) is 43.8 Å². The number of benzene rings is 6. The summed E-state index contributed by atoms with van der Waals surface area (Å²) in [6.45, 7) is 10.2. The number of allylic oxidation sites excluding steroid dienone is 10. The maximum atomic E-state index is 3.93. The number of para-hydroxylation sites is 1. The van der Waals surface area contributed by atoms with Crippen LogP contribution in [0.1, 0.15) is 20.8 Å². The first-order chi connectivity index (χ1) is 24.5. The van der Waals surface area contributed by atoms with E-state index in [1.165, 1.54) is 43.8 Å². The first-order valence-electron chi connectivity index (χ1n) is 17.2. The monoisotopic (exact) mass is 648 g/mol. The van der Waals surface area contributed by atoms with Crippen molar-refractivity contribution in [3.63, 3.8) is 0 Å². The van der Waals surface area contributed by atoms with Gasteiger partial charge in [0.2, 0.25) is 0 Å². The summed E-state index contributed by atoms with van der Waals surface area (Å²) in [5, 5.41) is 4.86. The molecule has 0 saturated heterocycles. The van der Waals surface area contributed by atoms with Gasteiger partial charge in [0.05, 0.1) is 0 Å². The van der Waals surface area contributed by atoms with Gasteiger partial charge in [-0.1, -0.05) is 140 Å². The molecule has 0 spiro atoms. The second kappa shape index (κ2) is 15.9. The van der Waals surface area contributed by atoms with E-state index in [-0.39, 0.29) is 0 Å². The quantitative estimate of drug-likeness (QED) is 0.102. The van der Waals surface area contributed by atoms with Gasteiger partial charge in [-0.2, -0.15) is 0 Å². The molecule has 0 unspecified atom stereocenters. The molecule has 0 aliphatic rings. The molecule has 0 aliphatic carbocycles. The highest BCUT2D eigenvalue weighted by Crippen LogP contribution is 2.46. The molecule has 2 nitrogen and oxygen atoms in total. The Balaban J connectivity index is 1.69. The Morgan fingerprint density at radius 3 is 1.64 bits per heavy atom. The standard InChI is InChI=1S/C48H44N2/c1-6-9-11-15-22-36(4)49(5)41-30-32-43-45(34-41)47(37-23-16-12-17-24-37)44-33-31-42(35-46(44)48(43)38-25-18-13-19-26-38)50(39(8-3)27-10-7-2)40-28-20-14-21-29-40/h6-35H,2H2,1,3-5H3/b9-6-,15-11-,27-10-,36-22+,39-8+. The molecule has 6 aromatic carbocycles. The van der Waals surface area contributed by atoms with E-state index < -0.39 is 0 Å². The van der Waals surface area contributed by atoms with Gasteiger partial charge >= 0.3 is 0 Å². The van der Waals surface area contributed by atoms with Crippen LogP contribution in [0.5, 0.6) is 0 Å². The second-order valence-corrected chi connectivity index (χ2v) is 12.2. The van der Waals surface area contributed by atoms with Crippen molar-refractivity contribution in [3.05, 3.63) is 200 Å². The van der Waals surface area contributed by atoms with Gasteiger partial charge in [0.1, 0.15) is 0 Å². The van der Waals surface area contributed by atoms with E-state index in [1.807, 2.05) is 31.2 Å². The highest BCUT2D eigenvalue weighted by Gasteiger charge is 2.20. The third kappa shape index (κ3) is 7.02. The van der Waals surface area contributed by atoms with E-state index in [2.05, 4.69) is 195 Å². The molecule has 0 heterocycles. The lowest BCUT2D eigenvalue weighted by Gasteiger charge is -2.28. The van der Waals surface area contributed by atoms with Crippen molar-refractivity contribution < 1.29 is 0 Å². The van der Waals surface area contributed by atoms with Crippen LogP contribution in [0, 0.1) is 0 Å². The van der Waals surface area contributed by atoms with Crippen LogP contribution in [0.15, 0.2) is 200 Å². The molecule has 0 aliphatic heterocycles. The Bertz CT molecular complexity index is 2250. The Morgan fingerprint density at radius 1 is 0.560 bits per heavy atom. The fraction of sp³-hybridized carbons (Fsp3) is 0.0833. The van der Waals surface area contributed by atoms with Gasteiger partial charge in [0.15, 0.2) is 0 Å². The van der Waals surface area contributed by atoms with E-state index in [4.69, 9.17) is 0 Å². The molecule has 0 bridgehead atoms. The Morgan fingerprint density at radius 2 is 1.10 bits per heavy atom. The normalized spacial score (nSPS) is 12.5. The zero-order chi connectivity index (χ0) is 34.9.